The van der Waals surface area contributed by atoms with Crippen molar-refractivity contribution in [1.29, 1.82) is 0 Å². The highest BCUT2D eigenvalue weighted by atomic mass is 19.1. The van der Waals surface area contributed by atoms with E-state index < -0.39 is 0 Å². The number of nitrogens with one attached hydrogen (secondary N) is 3. The summed E-state index contributed by atoms with van der Waals surface area (Å²) in [6.07, 6.45) is 3.34. The van der Waals surface area contributed by atoms with Crippen molar-refractivity contribution in [2.45, 2.75) is 31.1 Å². The van der Waals surface area contributed by atoms with Crippen molar-refractivity contribution in [2.24, 2.45) is 4.99 Å². The summed E-state index contributed by atoms with van der Waals surface area (Å²) in [4.78, 5) is 15.7. The molecule has 2 aromatic rings. The topological polar surface area (TPSA) is 74.8 Å². The number of aliphatic imine (C=N–C) groups is 1. The molecule has 7 heteroatoms. The van der Waals surface area contributed by atoms with Gasteiger partial charge in [0.05, 0.1) is 6.54 Å². The number of rotatable bonds is 7. The van der Waals surface area contributed by atoms with Crippen LogP contribution in [0.1, 0.15) is 30.4 Å². The summed E-state index contributed by atoms with van der Waals surface area (Å²) in [5.41, 5.74) is 3.00. The van der Waals surface area contributed by atoms with Crippen molar-refractivity contribution in [3.63, 3.8) is 0 Å². The number of fused-ring (bicyclic) bond motifs is 1. The molecule has 1 amide bonds. The number of carbonyl (C=O) groups excluding carboxylic acids is 1. The van der Waals surface area contributed by atoms with Crippen LogP contribution < -0.4 is 20.7 Å². The minimum atomic E-state index is -0.192. The maximum Gasteiger partial charge on any atom is 0.224 e. The third kappa shape index (κ3) is 4.72. The Hall–Kier alpha value is -3.09. The zero-order valence-corrected chi connectivity index (χ0v) is 17.1. The number of carbonyl (C=O) groups is 1. The van der Waals surface area contributed by atoms with E-state index in [-0.39, 0.29) is 17.1 Å². The number of anilines is 1. The monoisotopic (exact) mass is 410 g/mol. The van der Waals surface area contributed by atoms with Crippen LogP contribution in [0.5, 0.6) is 5.75 Å². The quantitative estimate of drug-likeness (QED) is 0.373. The van der Waals surface area contributed by atoms with Gasteiger partial charge in [-0.25, -0.2) is 4.39 Å². The normalized spacial score (nSPS) is 17.0. The zero-order valence-electron chi connectivity index (χ0n) is 17.1. The molecule has 6 nitrogen and oxygen atoms in total. The Balaban J connectivity index is 1.22. The Morgan fingerprint density at radius 2 is 2.07 bits per heavy atom. The number of hydrogen-bond donors (Lipinski definition) is 3. The second-order valence-electron chi connectivity index (χ2n) is 7.86. The van der Waals surface area contributed by atoms with Crippen LogP contribution in [0.15, 0.2) is 47.5 Å². The molecule has 1 fully saturated rings. The summed E-state index contributed by atoms with van der Waals surface area (Å²) in [5.74, 6) is 1.36. The summed E-state index contributed by atoms with van der Waals surface area (Å²) in [5, 5.41) is 9.48. The first kappa shape index (κ1) is 20.2. The molecule has 1 aliphatic heterocycles. The molecule has 4 rings (SSSR count). The molecular weight excluding hydrogens is 383 g/mol. The Labute approximate surface area is 175 Å². The van der Waals surface area contributed by atoms with Crippen molar-refractivity contribution < 1.29 is 13.9 Å². The molecule has 2 aromatic carbocycles. The van der Waals surface area contributed by atoms with E-state index in [1.807, 2.05) is 24.3 Å². The number of aryl methyl sites for hydroxylation is 1. The van der Waals surface area contributed by atoms with Crippen molar-refractivity contribution in [2.75, 3.05) is 32.1 Å². The first-order chi connectivity index (χ1) is 14.6. The molecule has 0 bridgehead atoms. The van der Waals surface area contributed by atoms with Crippen LogP contribution in [0.3, 0.4) is 0 Å². The first-order valence-electron chi connectivity index (χ1n) is 10.3. The Kier molecular flexibility index (Phi) is 5.88. The minimum Gasteiger partial charge on any atom is -0.492 e. The molecule has 1 heterocycles. The standard InChI is InChI=1S/C23H27FN4O2/c1-25-22(27-15-23(9-10-23)17-3-2-4-18(24)14-17)26-11-12-30-19-6-7-20-16(13-19)5-8-21(29)28-20/h2-4,6-7,13-14H,5,8-12,15H2,1H3,(H,28,29)(H2,25,26,27). The van der Waals surface area contributed by atoms with Crippen molar-refractivity contribution in [3.8, 4) is 5.75 Å². The predicted molar refractivity (Wildman–Crippen MR) is 116 cm³/mol. The summed E-state index contributed by atoms with van der Waals surface area (Å²) in [6.45, 7) is 1.80. The van der Waals surface area contributed by atoms with E-state index in [0.717, 1.165) is 41.8 Å². The molecule has 2 aliphatic rings. The molecule has 1 aliphatic carbocycles. The minimum absolute atomic E-state index is 0.00519. The van der Waals surface area contributed by atoms with Gasteiger partial charge in [-0.2, -0.15) is 0 Å². The number of amides is 1. The first-order valence-corrected chi connectivity index (χ1v) is 10.3. The van der Waals surface area contributed by atoms with Crippen molar-refractivity contribution >= 4 is 17.6 Å². The van der Waals surface area contributed by atoms with Crippen LogP contribution in [0.2, 0.25) is 0 Å². The van der Waals surface area contributed by atoms with Gasteiger partial charge in [-0.05, 0) is 60.7 Å². The van der Waals surface area contributed by atoms with Gasteiger partial charge < -0.3 is 20.7 Å². The lowest BCUT2D eigenvalue weighted by molar-refractivity contribution is -0.116. The van der Waals surface area contributed by atoms with Crippen LogP contribution in [-0.2, 0) is 16.6 Å². The van der Waals surface area contributed by atoms with Crippen LogP contribution in [0, 0.1) is 5.82 Å². The van der Waals surface area contributed by atoms with E-state index in [4.69, 9.17) is 4.74 Å². The molecule has 1 saturated carbocycles. The lowest BCUT2D eigenvalue weighted by atomic mass is 9.96. The summed E-state index contributed by atoms with van der Waals surface area (Å²) in [6, 6.07) is 12.6. The maximum absolute atomic E-state index is 13.6. The van der Waals surface area contributed by atoms with E-state index >= 15 is 0 Å². The second kappa shape index (κ2) is 8.73. The fourth-order valence-corrected chi connectivity index (χ4v) is 3.80. The number of hydrogen-bond acceptors (Lipinski definition) is 3. The van der Waals surface area contributed by atoms with E-state index in [0.29, 0.717) is 32.1 Å². The highest BCUT2D eigenvalue weighted by Gasteiger charge is 2.44. The summed E-state index contributed by atoms with van der Waals surface area (Å²) >= 11 is 0. The van der Waals surface area contributed by atoms with Crippen LogP contribution in [0.4, 0.5) is 10.1 Å². The molecule has 158 valence electrons. The highest BCUT2D eigenvalue weighted by molar-refractivity contribution is 5.94. The van der Waals surface area contributed by atoms with E-state index in [2.05, 4.69) is 20.9 Å². The van der Waals surface area contributed by atoms with E-state index in [1.54, 1.807) is 19.2 Å². The Morgan fingerprint density at radius 3 is 2.83 bits per heavy atom. The lowest BCUT2D eigenvalue weighted by Crippen LogP contribution is -2.42. The average Bonchev–Trinajstić information content (AvgIpc) is 3.54. The molecule has 3 N–H and O–H groups in total. The van der Waals surface area contributed by atoms with Gasteiger partial charge in [0, 0.05) is 31.1 Å². The van der Waals surface area contributed by atoms with Gasteiger partial charge in [0.2, 0.25) is 5.91 Å². The largest absolute Gasteiger partial charge is 0.492 e. The molecule has 0 aromatic heterocycles. The highest BCUT2D eigenvalue weighted by Crippen LogP contribution is 2.47. The molecule has 0 saturated heterocycles. The van der Waals surface area contributed by atoms with Crippen molar-refractivity contribution in [3.05, 3.63) is 59.4 Å². The van der Waals surface area contributed by atoms with Crippen LogP contribution >= 0.6 is 0 Å². The fourth-order valence-electron chi connectivity index (χ4n) is 3.80. The number of guanidine groups is 1. The van der Waals surface area contributed by atoms with Gasteiger partial charge in [0.15, 0.2) is 5.96 Å². The van der Waals surface area contributed by atoms with Crippen molar-refractivity contribution in [1.82, 2.24) is 10.6 Å². The third-order valence-corrected chi connectivity index (χ3v) is 5.74. The van der Waals surface area contributed by atoms with E-state index in [1.165, 1.54) is 6.07 Å². The zero-order chi connectivity index (χ0) is 21.0. The van der Waals surface area contributed by atoms with Gasteiger partial charge >= 0.3 is 0 Å². The van der Waals surface area contributed by atoms with Gasteiger partial charge in [0.25, 0.3) is 0 Å². The number of nitrogens with zero attached hydrogens (tertiary/aromatic N) is 1. The van der Waals surface area contributed by atoms with Gasteiger partial charge in [0.1, 0.15) is 18.2 Å². The van der Waals surface area contributed by atoms with Gasteiger partial charge in [-0.3, -0.25) is 9.79 Å². The Morgan fingerprint density at radius 1 is 1.20 bits per heavy atom. The molecule has 0 atom stereocenters. The van der Waals surface area contributed by atoms with Crippen LogP contribution in [0.25, 0.3) is 0 Å². The van der Waals surface area contributed by atoms with Gasteiger partial charge in [-0.1, -0.05) is 12.1 Å². The molecule has 0 unspecified atom stereocenters. The predicted octanol–water partition coefficient (Wildman–Crippen LogP) is 2.99. The SMILES string of the molecule is CN=C(NCCOc1ccc2c(c1)CCC(=O)N2)NCC1(c2cccc(F)c2)CC1. The molecule has 0 radical (unpaired) electrons. The van der Waals surface area contributed by atoms with Crippen LogP contribution in [-0.4, -0.2) is 38.6 Å². The van der Waals surface area contributed by atoms with E-state index in [9.17, 15) is 9.18 Å². The average molecular weight is 410 g/mol. The number of benzene rings is 2. The molecule has 0 spiro atoms. The third-order valence-electron chi connectivity index (χ3n) is 5.74. The second-order valence-corrected chi connectivity index (χ2v) is 7.86. The summed E-state index contributed by atoms with van der Waals surface area (Å²) in [7, 11) is 1.73. The number of halogens is 1. The lowest BCUT2D eigenvalue weighted by Gasteiger charge is -2.19. The maximum atomic E-state index is 13.6. The smallest absolute Gasteiger partial charge is 0.224 e. The molecular formula is C23H27FN4O2. The number of ether oxygens (including phenoxy) is 1. The molecule has 30 heavy (non-hydrogen) atoms. The fraction of sp³-hybridized carbons (Fsp3) is 0.391. The summed E-state index contributed by atoms with van der Waals surface area (Å²) < 4.78 is 19.4. The Bertz CT molecular complexity index is 956. The van der Waals surface area contributed by atoms with Gasteiger partial charge in [-0.15, -0.1) is 0 Å².